The van der Waals surface area contributed by atoms with Crippen LogP contribution in [0, 0.1) is 11.3 Å². The Morgan fingerprint density at radius 3 is 2.77 bits per heavy atom. The van der Waals surface area contributed by atoms with Gasteiger partial charge >= 0.3 is 6.01 Å². The van der Waals surface area contributed by atoms with E-state index in [4.69, 9.17) is 14.7 Å². The van der Waals surface area contributed by atoms with E-state index in [1.165, 1.54) is 6.42 Å². The van der Waals surface area contributed by atoms with Crippen LogP contribution in [0.2, 0.25) is 0 Å². The third-order valence-corrected chi connectivity index (χ3v) is 8.46. The van der Waals surface area contributed by atoms with Gasteiger partial charge in [0.25, 0.3) is 0 Å². The molecule has 0 spiro atoms. The third kappa shape index (κ3) is 5.11. The largest absolute Gasteiger partial charge is 0.462 e. The van der Waals surface area contributed by atoms with Gasteiger partial charge in [0.05, 0.1) is 37.0 Å². The Morgan fingerprint density at radius 1 is 1.10 bits per heavy atom. The van der Waals surface area contributed by atoms with E-state index in [-0.39, 0.29) is 18.4 Å². The monoisotopic (exact) mass is 541 g/mol. The van der Waals surface area contributed by atoms with Gasteiger partial charge in [-0.3, -0.25) is 4.79 Å². The average molecular weight is 542 g/mol. The smallest absolute Gasteiger partial charge is 0.318 e. The van der Waals surface area contributed by atoms with E-state index in [9.17, 15) is 10.1 Å². The van der Waals surface area contributed by atoms with Gasteiger partial charge in [-0.15, -0.1) is 5.10 Å². The summed E-state index contributed by atoms with van der Waals surface area (Å²) in [7, 11) is 2.13. The van der Waals surface area contributed by atoms with E-state index in [1.54, 1.807) is 13.1 Å². The molecule has 0 N–H and O–H groups in total. The summed E-state index contributed by atoms with van der Waals surface area (Å²) in [6.45, 7) is 6.28. The predicted octanol–water partition coefficient (Wildman–Crippen LogP) is 2.41. The number of likely N-dealkylation sites (N-methyl/N-ethyl adjacent to an activating group) is 1. The molecule has 2 fully saturated rings. The SMILES string of the molecule is CC(=O)N1CCN(c2nc(OC[C@@H]3CCCN3C)nc3c2CCN(c2nncc4ccccc24)C3)C[C@@H]1CC#N. The van der Waals surface area contributed by atoms with Gasteiger partial charge in [-0.05, 0) is 32.9 Å². The second-order valence-electron chi connectivity index (χ2n) is 10.9. The fourth-order valence-corrected chi connectivity index (χ4v) is 6.24. The molecule has 0 unspecified atom stereocenters. The molecule has 40 heavy (non-hydrogen) atoms. The van der Waals surface area contributed by atoms with E-state index >= 15 is 0 Å². The number of likely N-dealkylation sites (tertiary alicyclic amines) is 1. The van der Waals surface area contributed by atoms with Crippen molar-refractivity contribution >= 4 is 28.3 Å². The number of piperazine rings is 1. The number of amides is 1. The van der Waals surface area contributed by atoms with Crippen molar-refractivity contribution in [2.24, 2.45) is 0 Å². The zero-order valence-corrected chi connectivity index (χ0v) is 23.2. The zero-order valence-electron chi connectivity index (χ0n) is 23.2. The second-order valence-corrected chi connectivity index (χ2v) is 10.9. The topological polar surface area (TPSA) is 115 Å². The lowest BCUT2D eigenvalue weighted by molar-refractivity contribution is -0.131. The molecule has 0 aliphatic carbocycles. The van der Waals surface area contributed by atoms with Crippen molar-refractivity contribution in [1.29, 1.82) is 5.26 Å². The number of fused-ring (bicyclic) bond motifs is 2. The summed E-state index contributed by atoms with van der Waals surface area (Å²) >= 11 is 0. The molecule has 11 nitrogen and oxygen atoms in total. The first kappa shape index (κ1) is 26.2. The van der Waals surface area contributed by atoms with Gasteiger partial charge in [-0.2, -0.15) is 20.3 Å². The molecule has 3 aliphatic heterocycles. The van der Waals surface area contributed by atoms with Gasteiger partial charge in [0.1, 0.15) is 12.4 Å². The highest BCUT2D eigenvalue weighted by atomic mass is 16.5. The lowest BCUT2D eigenvalue weighted by atomic mass is 10.0. The molecular weight excluding hydrogens is 506 g/mol. The van der Waals surface area contributed by atoms with Crippen LogP contribution in [-0.4, -0.2) is 94.3 Å². The first-order valence-electron chi connectivity index (χ1n) is 14.1. The molecule has 1 amide bonds. The van der Waals surface area contributed by atoms with Crippen molar-refractivity contribution in [1.82, 2.24) is 30.0 Å². The van der Waals surface area contributed by atoms with Crippen molar-refractivity contribution in [2.45, 2.75) is 51.2 Å². The molecule has 0 radical (unpaired) electrons. The number of hydrogen-bond donors (Lipinski definition) is 0. The lowest BCUT2D eigenvalue weighted by Crippen LogP contribution is -2.55. The zero-order chi connectivity index (χ0) is 27.6. The van der Waals surface area contributed by atoms with E-state index in [2.05, 4.69) is 50.1 Å². The first-order valence-corrected chi connectivity index (χ1v) is 14.1. The van der Waals surface area contributed by atoms with Crippen LogP contribution in [0.15, 0.2) is 30.5 Å². The van der Waals surface area contributed by atoms with Crippen LogP contribution < -0.4 is 14.5 Å². The number of rotatable bonds is 6. The summed E-state index contributed by atoms with van der Waals surface area (Å²) < 4.78 is 6.25. The summed E-state index contributed by atoms with van der Waals surface area (Å²) in [5, 5.41) is 20.3. The molecule has 208 valence electrons. The van der Waals surface area contributed by atoms with E-state index < -0.39 is 0 Å². The van der Waals surface area contributed by atoms with Crippen molar-refractivity contribution in [3.05, 3.63) is 41.7 Å². The minimum atomic E-state index is -0.176. The summed E-state index contributed by atoms with van der Waals surface area (Å²) in [4.78, 5) is 30.7. The Bertz CT molecular complexity index is 1440. The molecular formula is C29H35N9O2. The Kier molecular flexibility index (Phi) is 7.34. The van der Waals surface area contributed by atoms with Crippen LogP contribution >= 0.6 is 0 Å². The molecule has 3 aromatic rings. The number of nitriles is 1. The van der Waals surface area contributed by atoms with Gasteiger partial charge < -0.3 is 24.3 Å². The van der Waals surface area contributed by atoms with E-state index in [0.29, 0.717) is 44.8 Å². The maximum Gasteiger partial charge on any atom is 0.318 e. The highest BCUT2D eigenvalue weighted by molar-refractivity contribution is 5.91. The fourth-order valence-electron chi connectivity index (χ4n) is 6.24. The number of benzene rings is 1. The molecule has 11 heteroatoms. The van der Waals surface area contributed by atoms with Crippen molar-refractivity contribution in [3.63, 3.8) is 0 Å². The molecule has 2 aromatic heterocycles. The van der Waals surface area contributed by atoms with Gasteiger partial charge in [-0.1, -0.05) is 24.3 Å². The Hall–Kier alpha value is -4.04. The molecule has 2 saturated heterocycles. The van der Waals surface area contributed by atoms with Crippen molar-refractivity contribution in [3.8, 4) is 12.1 Å². The Labute approximate surface area is 234 Å². The number of aromatic nitrogens is 4. The number of hydrogen-bond acceptors (Lipinski definition) is 10. The highest BCUT2D eigenvalue weighted by Crippen LogP contribution is 2.33. The van der Waals surface area contributed by atoms with Crippen LogP contribution in [0.4, 0.5) is 11.6 Å². The van der Waals surface area contributed by atoms with Gasteiger partial charge in [-0.25, -0.2) is 0 Å². The fraction of sp³-hybridized carbons (Fsp3) is 0.517. The Morgan fingerprint density at radius 2 is 1.98 bits per heavy atom. The number of carbonyl (C=O) groups excluding carboxylic acids is 1. The number of ether oxygens (including phenoxy) is 1. The summed E-state index contributed by atoms with van der Waals surface area (Å²) in [6, 6.07) is 11.0. The van der Waals surface area contributed by atoms with Gasteiger partial charge in [0.2, 0.25) is 5.91 Å². The highest BCUT2D eigenvalue weighted by Gasteiger charge is 2.33. The number of nitrogens with zero attached hydrogens (tertiary/aromatic N) is 9. The van der Waals surface area contributed by atoms with E-state index in [0.717, 1.165) is 59.6 Å². The summed E-state index contributed by atoms with van der Waals surface area (Å²) in [6.07, 6.45) is 5.10. The number of carbonyl (C=O) groups is 1. The standard InChI is InChI=1S/C29H35N9O2/c1-20(39)38-15-14-37(17-22(38)9-11-30)27-25-10-13-36(28-24-8-4-3-6-21(24)16-31-34-28)18-26(25)32-29(33-27)40-19-23-7-5-12-35(23)2/h3-4,6,8,16,22-23H,5,7,9-10,12-15,17-19H2,1-2H3/t22-,23-/m0/s1. The van der Waals surface area contributed by atoms with Crippen LogP contribution in [0.5, 0.6) is 6.01 Å². The van der Waals surface area contributed by atoms with Gasteiger partial charge in [0, 0.05) is 55.5 Å². The molecule has 5 heterocycles. The van der Waals surface area contributed by atoms with Crippen molar-refractivity contribution in [2.75, 3.05) is 56.2 Å². The molecule has 2 atom stereocenters. The Balaban J connectivity index is 1.33. The maximum absolute atomic E-state index is 12.2. The number of anilines is 2. The summed E-state index contributed by atoms with van der Waals surface area (Å²) in [5.74, 6) is 1.71. The summed E-state index contributed by atoms with van der Waals surface area (Å²) in [5.41, 5.74) is 2.02. The maximum atomic E-state index is 12.2. The predicted molar refractivity (Wildman–Crippen MR) is 151 cm³/mol. The van der Waals surface area contributed by atoms with Crippen LogP contribution in [0.1, 0.15) is 37.4 Å². The van der Waals surface area contributed by atoms with Crippen molar-refractivity contribution < 1.29 is 9.53 Å². The van der Waals surface area contributed by atoms with Crippen LogP contribution in [0.25, 0.3) is 10.8 Å². The van der Waals surface area contributed by atoms with Gasteiger partial charge in [0.15, 0.2) is 5.82 Å². The molecule has 1 aromatic carbocycles. The van der Waals surface area contributed by atoms with Crippen LogP contribution in [-0.2, 0) is 17.8 Å². The van der Waals surface area contributed by atoms with E-state index in [1.807, 2.05) is 17.0 Å². The second kappa shape index (κ2) is 11.2. The normalized spacial score (nSPS) is 21.4. The first-order chi connectivity index (χ1) is 19.5. The molecule has 0 bridgehead atoms. The lowest BCUT2D eigenvalue weighted by Gasteiger charge is -2.42. The third-order valence-electron chi connectivity index (χ3n) is 8.46. The quantitative estimate of drug-likeness (QED) is 0.461. The van der Waals surface area contributed by atoms with Crippen LogP contribution in [0.3, 0.4) is 0 Å². The average Bonchev–Trinajstić information content (AvgIpc) is 3.39. The minimum Gasteiger partial charge on any atom is -0.462 e. The molecule has 3 aliphatic rings. The molecule has 6 rings (SSSR count). The molecule has 0 saturated carbocycles. The minimum absolute atomic E-state index is 0.00108.